The Bertz CT molecular complexity index is 1590. The lowest BCUT2D eigenvalue weighted by Gasteiger charge is -2.45. The number of hydrogen-bond acceptors (Lipinski definition) is 3. The molecule has 38 heavy (non-hydrogen) atoms. The number of aryl methyl sites for hydroxylation is 2. The summed E-state index contributed by atoms with van der Waals surface area (Å²) >= 11 is 3.63. The molecule has 2 bridgehead atoms. The lowest BCUT2D eigenvalue weighted by Crippen LogP contribution is -2.41. The maximum Gasteiger partial charge on any atom is 0.254 e. The van der Waals surface area contributed by atoms with Gasteiger partial charge < -0.3 is 4.57 Å². The van der Waals surface area contributed by atoms with Gasteiger partial charge in [0, 0.05) is 38.9 Å². The summed E-state index contributed by atoms with van der Waals surface area (Å²) in [5.41, 5.74) is 9.80. The van der Waals surface area contributed by atoms with Crippen LogP contribution in [0.4, 0.5) is 0 Å². The maximum absolute atomic E-state index is 13.8. The number of hydrogen-bond donors (Lipinski definition) is 0. The van der Waals surface area contributed by atoms with Crippen molar-refractivity contribution in [3.05, 3.63) is 122 Å². The molecule has 6 heteroatoms. The van der Waals surface area contributed by atoms with Crippen LogP contribution in [-0.2, 0) is 9.59 Å². The first-order valence-electron chi connectivity index (χ1n) is 12.9. The van der Waals surface area contributed by atoms with Crippen LogP contribution < -0.4 is 0 Å². The third-order valence-electron chi connectivity index (χ3n) is 8.62. The summed E-state index contributed by atoms with van der Waals surface area (Å²) in [5, 5.41) is 5.67. The van der Waals surface area contributed by atoms with E-state index in [0.717, 1.165) is 54.4 Å². The molecule has 1 aromatic heterocycles. The van der Waals surface area contributed by atoms with Gasteiger partial charge in [-0.2, -0.15) is 10.1 Å². The molecule has 2 heterocycles. The van der Waals surface area contributed by atoms with Crippen molar-refractivity contribution in [3.63, 3.8) is 0 Å². The number of aromatic nitrogens is 1. The van der Waals surface area contributed by atoms with Crippen LogP contribution in [0.1, 0.15) is 56.6 Å². The lowest BCUT2D eigenvalue weighted by atomic mass is 9.55. The number of hydrazone groups is 1. The van der Waals surface area contributed by atoms with Gasteiger partial charge in [-0.1, -0.05) is 70.5 Å². The average molecular weight is 564 g/mol. The molecule has 0 spiro atoms. The summed E-state index contributed by atoms with van der Waals surface area (Å²) in [7, 11) is 0. The fourth-order valence-electron chi connectivity index (χ4n) is 6.93. The van der Waals surface area contributed by atoms with E-state index in [9.17, 15) is 9.59 Å². The topological polar surface area (TPSA) is 54.7 Å². The molecule has 2 atom stereocenters. The molecule has 0 N–H and O–H groups in total. The number of halogens is 1. The van der Waals surface area contributed by atoms with Gasteiger partial charge in [-0.15, -0.1) is 0 Å². The normalized spacial score (nSPS) is 23.2. The van der Waals surface area contributed by atoms with Gasteiger partial charge in [0.1, 0.15) is 0 Å². The van der Waals surface area contributed by atoms with Crippen molar-refractivity contribution in [3.8, 4) is 5.69 Å². The van der Waals surface area contributed by atoms with Gasteiger partial charge in [-0.3, -0.25) is 9.59 Å². The minimum Gasteiger partial charge on any atom is -0.318 e. The van der Waals surface area contributed by atoms with E-state index in [1.165, 1.54) is 5.56 Å². The zero-order valence-electron chi connectivity index (χ0n) is 21.4. The molecule has 3 aliphatic carbocycles. The predicted molar refractivity (Wildman–Crippen MR) is 151 cm³/mol. The molecule has 4 aliphatic rings. The molecule has 8 rings (SSSR count). The van der Waals surface area contributed by atoms with Crippen LogP contribution in [0.5, 0.6) is 0 Å². The third-order valence-corrected chi connectivity index (χ3v) is 9.48. The predicted octanol–water partition coefficient (Wildman–Crippen LogP) is 6.39. The SMILES string of the molecule is Cc1ccc(-n2c(C)cc(/C=N\N3C(=O)[C@@H]4C5c6ccccc6C(c6ccccc65)[C@H]4C3=O)c2C)cc1Br. The third kappa shape index (κ3) is 3.13. The zero-order chi connectivity index (χ0) is 26.3. The van der Waals surface area contributed by atoms with Crippen molar-refractivity contribution in [2.24, 2.45) is 16.9 Å². The number of rotatable bonds is 3. The minimum absolute atomic E-state index is 0.126. The van der Waals surface area contributed by atoms with Gasteiger partial charge in [0.05, 0.1) is 18.1 Å². The van der Waals surface area contributed by atoms with Gasteiger partial charge in [0.25, 0.3) is 11.8 Å². The second-order valence-corrected chi connectivity index (χ2v) is 11.4. The van der Waals surface area contributed by atoms with E-state index in [1.807, 2.05) is 44.2 Å². The number of nitrogens with zero attached hydrogens (tertiary/aromatic N) is 3. The van der Waals surface area contributed by atoms with Crippen LogP contribution in [0.25, 0.3) is 5.69 Å². The van der Waals surface area contributed by atoms with E-state index in [-0.39, 0.29) is 23.7 Å². The summed E-state index contributed by atoms with van der Waals surface area (Å²) in [6, 6.07) is 24.9. The maximum atomic E-state index is 13.8. The molecular weight excluding hydrogens is 538 g/mol. The van der Waals surface area contributed by atoms with Crippen molar-refractivity contribution >= 4 is 34.0 Å². The van der Waals surface area contributed by atoms with Crippen molar-refractivity contribution in [2.75, 3.05) is 0 Å². The monoisotopic (exact) mass is 563 g/mol. The highest BCUT2D eigenvalue weighted by Crippen LogP contribution is 2.60. The number of benzene rings is 3. The molecule has 0 saturated carbocycles. The molecule has 1 aliphatic heterocycles. The first-order chi connectivity index (χ1) is 18.4. The summed E-state index contributed by atoms with van der Waals surface area (Å²) in [6.45, 7) is 6.14. The standard InChI is InChI=1S/C32H26BrN3O2/c1-17-12-13-21(15-26(17)33)35-18(2)14-20(19(35)3)16-34-36-31(37)29-27-22-8-4-5-9-23(22)28(30(29)32(36)38)25-11-7-6-10-24(25)27/h4-16,27-30H,1-3H3/b34-16-/t27?,28?,29-,30-/m1/s1. The number of carbonyl (C=O) groups is 2. The van der Waals surface area contributed by atoms with Crippen molar-refractivity contribution in [2.45, 2.75) is 32.6 Å². The minimum atomic E-state index is -0.424. The largest absolute Gasteiger partial charge is 0.318 e. The molecule has 4 aromatic rings. The van der Waals surface area contributed by atoms with E-state index in [0.29, 0.717) is 0 Å². The Morgan fingerprint density at radius 2 is 1.29 bits per heavy atom. The molecule has 0 radical (unpaired) electrons. The van der Waals surface area contributed by atoms with Crippen LogP contribution in [-0.4, -0.2) is 27.6 Å². The Labute approximate surface area is 229 Å². The van der Waals surface area contributed by atoms with E-state index >= 15 is 0 Å². The van der Waals surface area contributed by atoms with Crippen molar-refractivity contribution in [1.29, 1.82) is 0 Å². The number of amides is 2. The van der Waals surface area contributed by atoms with Gasteiger partial charge in [-0.05, 0) is 66.8 Å². The highest BCUT2D eigenvalue weighted by atomic mass is 79.9. The summed E-state index contributed by atoms with van der Waals surface area (Å²) in [4.78, 5) is 27.6. The Morgan fingerprint density at radius 3 is 1.79 bits per heavy atom. The van der Waals surface area contributed by atoms with Crippen LogP contribution in [0.2, 0.25) is 0 Å². The van der Waals surface area contributed by atoms with Crippen molar-refractivity contribution in [1.82, 2.24) is 9.58 Å². The molecule has 1 saturated heterocycles. The molecular formula is C32H26BrN3O2. The fraction of sp³-hybridized carbons (Fsp3) is 0.219. The summed E-state index contributed by atoms with van der Waals surface area (Å²) in [6.07, 6.45) is 1.66. The van der Waals surface area contributed by atoms with E-state index in [4.69, 9.17) is 0 Å². The second kappa shape index (κ2) is 8.37. The van der Waals surface area contributed by atoms with Crippen LogP contribution in [0.3, 0.4) is 0 Å². The van der Waals surface area contributed by atoms with Gasteiger partial charge >= 0.3 is 0 Å². The number of carbonyl (C=O) groups excluding carboxylic acids is 2. The van der Waals surface area contributed by atoms with Crippen LogP contribution in [0, 0.1) is 32.6 Å². The molecule has 3 aromatic carbocycles. The average Bonchev–Trinajstić information content (AvgIpc) is 3.35. The summed E-state index contributed by atoms with van der Waals surface area (Å²) in [5.74, 6) is -1.50. The molecule has 5 nitrogen and oxygen atoms in total. The zero-order valence-corrected chi connectivity index (χ0v) is 22.9. The quantitative estimate of drug-likeness (QED) is 0.214. The summed E-state index contributed by atoms with van der Waals surface area (Å²) < 4.78 is 3.21. The lowest BCUT2D eigenvalue weighted by molar-refractivity contribution is -0.139. The van der Waals surface area contributed by atoms with E-state index in [2.05, 4.69) is 75.0 Å². The Balaban J connectivity index is 1.26. The molecule has 188 valence electrons. The fourth-order valence-corrected chi connectivity index (χ4v) is 7.30. The Morgan fingerprint density at radius 1 is 0.763 bits per heavy atom. The van der Waals surface area contributed by atoms with Gasteiger partial charge in [0.15, 0.2) is 0 Å². The Kier molecular flexibility index (Phi) is 5.14. The van der Waals surface area contributed by atoms with Gasteiger partial charge in [-0.25, -0.2) is 0 Å². The van der Waals surface area contributed by atoms with Gasteiger partial charge in [0.2, 0.25) is 0 Å². The van der Waals surface area contributed by atoms with Crippen LogP contribution >= 0.6 is 15.9 Å². The highest BCUT2D eigenvalue weighted by molar-refractivity contribution is 9.10. The molecule has 0 unspecified atom stereocenters. The molecule has 1 fully saturated rings. The first kappa shape index (κ1) is 23.4. The van der Waals surface area contributed by atoms with E-state index in [1.54, 1.807) is 6.21 Å². The van der Waals surface area contributed by atoms with Crippen molar-refractivity contribution < 1.29 is 9.59 Å². The second-order valence-electron chi connectivity index (χ2n) is 10.6. The van der Waals surface area contributed by atoms with Crippen LogP contribution in [0.15, 0.2) is 82.4 Å². The first-order valence-corrected chi connectivity index (χ1v) is 13.7. The highest BCUT2D eigenvalue weighted by Gasteiger charge is 2.61. The van der Waals surface area contributed by atoms with E-state index < -0.39 is 11.8 Å². The smallest absolute Gasteiger partial charge is 0.254 e. The molecule has 2 amide bonds. The Hall–Kier alpha value is -3.77. The number of imide groups is 1.